The van der Waals surface area contributed by atoms with E-state index in [0.717, 1.165) is 32.7 Å². The molecule has 0 amide bonds. The molecule has 0 aromatic carbocycles. The normalized spacial score (nSPS) is 34.7. The minimum absolute atomic E-state index is 0.124. The second kappa shape index (κ2) is 6.18. The Balaban J connectivity index is 1.58. The summed E-state index contributed by atoms with van der Waals surface area (Å²) < 4.78 is 16.9. The smallest absolute Gasteiger partial charge is 0.279 e. The standard InChI is InChI=1S/C15H26O3/c1-3-4-5-6-7-8-9-10-15-11-16-14(2,17-12-15)18-13-15/h3H,1,4-13H2,2H3. The molecule has 3 saturated heterocycles. The van der Waals surface area contributed by atoms with Crippen molar-refractivity contribution in [2.24, 2.45) is 5.41 Å². The molecular weight excluding hydrogens is 228 g/mol. The van der Waals surface area contributed by atoms with Gasteiger partial charge in [0, 0.05) is 12.3 Å². The third kappa shape index (κ3) is 3.56. The Morgan fingerprint density at radius 1 is 0.944 bits per heavy atom. The first-order valence-corrected chi connectivity index (χ1v) is 7.21. The molecule has 0 aromatic rings. The minimum atomic E-state index is -0.758. The van der Waals surface area contributed by atoms with Crippen LogP contribution in [0.2, 0.25) is 0 Å². The summed E-state index contributed by atoms with van der Waals surface area (Å²) in [5.74, 6) is -0.758. The first kappa shape index (κ1) is 14.0. The summed E-state index contributed by atoms with van der Waals surface area (Å²) in [5.41, 5.74) is 0.124. The zero-order chi connectivity index (χ0) is 12.9. The summed E-state index contributed by atoms with van der Waals surface area (Å²) in [6.07, 6.45) is 10.8. The van der Waals surface area contributed by atoms with Crippen LogP contribution in [0.5, 0.6) is 0 Å². The highest BCUT2D eigenvalue weighted by molar-refractivity contribution is 4.86. The second-order valence-electron chi connectivity index (χ2n) is 5.82. The van der Waals surface area contributed by atoms with Gasteiger partial charge in [-0.2, -0.15) is 0 Å². The third-order valence-electron chi connectivity index (χ3n) is 4.04. The van der Waals surface area contributed by atoms with E-state index in [4.69, 9.17) is 14.2 Å². The van der Waals surface area contributed by atoms with Gasteiger partial charge in [0.25, 0.3) is 5.97 Å². The molecule has 0 atom stereocenters. The largest absolute Gasteiger partial charge is 0.327 e. The number of allylic oxidation sites excluding steroid dienone is 1. The molecule has 3 nitrogen and oxygen atoms in total. The lowest BCUT2D eigenvalue weighted by molar-refractivity contribution is -0.460. The molecule has 0 N–H and O–H groups in total. The Bertz CT molecular complexity index is 250. The molecule has 0 aliphatic carbocycles. The first-order chi connectivity index (χ1) is 8.68. The van der Waals surface area contributed by atoms with Crippen molar-refractivity contribution in [3.8, 4) is 0 Å². The molecule has 0 saturated carbocycles. The van der Waals surface area contributed by atoms with Crippen molar-refractivity contribution in [2.45, 2.75) is 57.8 Å². The summed E-state index contributed by atoms with van der Waals surface area (Å²) >= 11 is 0. The quantitative estimate of drug-likeness (QED) is 0.489. The molecule has 0 unspecified atom stereocenters. The third-order valence-corrected chi connectivity index (χ3v) is 4.04. The van der Waals surface area contributed by atoms with Crippen LogP contribution < -0.4 is 0 Å². The van der Waals surface area contributed by atoms with Crippen LogP contribution in [-0.2, 0) is 14.2 Å². The lowest BCUT2D eigenvalue weighted by atomic mass is 9.83. The van der Waals surface area contributed by atoms with Crippen LogP contribution in [0.3, 0.4) is 0 Å². The van der Waals surface area contributed by atoms with E-state index in [1.807, 2.05) is 13.0 Å². The van der Waals surface area contributed by atoms with Crippen LogP contribution in [0.15, 0.2) is 12.7 Å². The summed E-state index contributed by atoms with van der Waals surface area (Å²) in [6, 6.07) is 0. The number of rotatable bonds is 8. The van der Waals surface area contributed by atoms with Gasteiger partial charge >= 0.3 is 0 Å². The molecule has 3 heterocycles. The molecule has 18 heavy (non-hydrogen) atoms. The highest BCUT2D eigenvalue weighted by atomic mass is 16.9. The number of hydrogen-bond donors (Lipinski definition) is 0. The number of ether oxygens (including phenoxy) is 3. The van der Waals surface area contributed by atoms with Crippen LogP contribution in [-0.4, -0.2) is 25.8 Å². The second-order valence-corrected chi connectivity index (χ2v) is 5.82. The van der Waals surface area contributed by atoms with Crippen molar-refractivity contribution in [2.75, 3.05) is 19.8 Å². The van der Waals surface area contributed by atoms with E-state index in [-0.39, 0.29) is 5.41 Å². The molecule has 0 radical (unpaired) electrons. The average Bonchev–Trinajstić information content (AvgIpc) is 2.40. The Morgan fingerprint density at radius 3 is 2.11 bits per heavy atom. The number of unbranched alkanes of at least 4 members (excludes halogenated alkanes) is 5. The predicted octanol–water partition coefficient (Wildman–Crippen LogP) is 3.64. The van der Waals surface area contributed by atoms with Crippen LogP contribution in [0.1, 0.15) is 51.9 Å². The van der Waals surface area contributed by atoms with Gasteiger partial charge in [0.1, 0.15) is 0 Å². The van der Waals surface area contributed by atoms with Gasteiger partial charge in [-0.1, -0.05) is 31.8 Å². The monoisotopic (exact) mass is 254 g/mol. The van der Waals surface area contributed by atoms with Gasteiger partial charge in [-0.25, -0.2) is 0 Å². The average molecular weight is 254 g/mol. The van der Waals surface area contributed by atoms with Gasteiger partial charge in [-0.05, 0) is 19.3 Å². The molecule has 0 aromatic heterocycles. The van der Waals surface area contributed by atoms with Crippen LogP contribution in [0.4, 0.5) is 0 Å². The van der Waals surface area contributed by atoms with Gasteiger partial charge < -0.3 is 14.2 Å². The van der Waals surface area contributed by atoms with Crippen LogP contribution >= 0.6 is 0 Å². The van der Waals surface area contributed by atoms with Gasteiger partial charge in [-0.3, -0.25) is 0 Å². The van der Waals surface area contributed by atoms with E-state index in [0.29, 0.717) is 0 Å². The Hall–Kier alpha value is -0.380. The Labute approximate surface area is 110 Å². The van der Waals surface area contributed by atoms with Gasteiger partial charge in [0.2, 0.25) is 0 Å². The molecule has 3 aliphatic heterocycles. The van der Waals surface area contributed by atoms with E-state index in [2.05, 4.69) is 6.58 Å². The van der Waals surface area contributed by atoms with Gasteiger partial charge in [0.05, 0.1) is 19.8 Å². The summed E-state index contributed by atoms with van der Waals surface area (Å²) in [7, 11) is 0. The van der Waals surface area contributed by atoms with E-state index in [9.17, 15) is 0 Å². The maximum atomic E-state index is 5.62. The van der Waals surface area contributed by atoms with E-state index >= 15 is 0 Å². The van der Waals surface area contributed by atoms with Crippen LogP contribution in [0.25, 0.3) is 0 Å². The maximum Gasteiger partial charge on any atom is 0.279 e. The number of hydrogen-bond acceptors (Lipinski definition) is 3. The SMILES string of the molecule is C=CCCCCCCCC12COC(C)(OC1)OC2. The molecule has 3 rings (SSSR count). The van der Waals surface area contributed by atoms with Crippen molar-refractivity contribution in [3.05, 3.63) is 12.7 Å². The van der Waals surface area contributed by atoms with Crippen molar-refractivity contribution in [1.29, 1.82) is 0 Å². The Kier molecular flexibility index (Phi) is 4.82. The zero-order valence-corrected chi connectivity index (χ0v) is 11.6. The summed E-state index contributed by atoms with van der Waals surface area (Å²) in [5, 5.41) is 0. The van der Waals surface area contributed by atoms with Crippen LogP contribution in [0, 0.1) is 5.41 Å². The van der Waals surface area contributed by atoms with Crippen molar-refractivity contribution in [1.82, 2.24) is 0 Å². The molecule has 2 bridgehead atoms. The summed E-state index contributed by atoms with van der Waals surface area (Å²) in [4.78, 5) is 0. The van der Waals surface area contributed by atoms with Crippen molar-refractivity contribution >= 4 is 0 Å². The molecule has 104 valence electrons. The fourth-order valence-electron chi connectivity index (χ4n) is 2.64. The minimum Gasteiger partial charge on any atom is -0.327 e. The van der Waals surface area contributed by atoms with E-state index in [1.165, 1.54) is 32.1 Å². The van der Waals surface area contributed by atoms with Gasteiger partial charge in [0.15, 0.2) is 0 Å². The van der Waals surface area contributed by atoms with Gasteiger partial charge in [-0.15, -0.1) is 6.58 Å². The van der Waals surface area contributed by atoms with Crippen molar-refractivity contribution in [3.63, 3.8) is 0 Å². The van der Waals surface area contributed by atoms with Crippen molar-refractivity contribution < 1.29 is 14.2 Å². The first-order valence-electron chi connectivity index (χ1n) is 7.21. The molecule has 3 fully saturated rings. The lowest BCUT2D eigenvalue weighted by Crippen LogP contribution is -2.58. The lowest BCUT2D eigenvalue weighted by Gasteiger charge is -2.50. The Morgan fingerprint density at radius 2 is 1.50 bits per heavy atom. The maximum absolute atomic E-state index is 5.62. The predicted molar refractivity (Wildman–Crippen MR) is 71.2 cm³/mol. The fraction of sp³-hybridized carbons (Fsp3) is 0.867. The molecule has 3 heteroatoms. The topological polar surface area (TPSA) is 27.7 Å². The zero-order valence-electron chi connectivity index (χ0n) is 11.6. The highest BCUT2D eigenvalue weighted by Crippen LogP contribution is 2.41. The fourth-order valence-corrected chi connectivity index (χ4v) is 2.64. The molecular formula is C15H26O3. The summed E-state index contributed by atoms with van der Waals surface area (Å²) in [6.45, 7) is 7.98. The number of fused-ring (bicyclic) bond motifs is 3. The van der Waals surface area contributed by atoms with E-state index in [1.54, 1.807) is 0 Å². The highest BCUT2D eigenvalue weighted by Gasteiger charge is 2.49. The molecule has 3 aliphatic rings. The van der Waals surface area contributed by atoms with E-state index < -0.39 is 5.97 Å². The molecule has 0 spiro atoms.